The van der Waals surface area contributed by atoms with Crippen molar-refractivity contribution >= 4 is 0 Å². The topological polar surface area (TPSA) is 20.2 Å². The lowest BCUT2D eigenvalue weighted by molar-refractivity contribution is 0.189. The third-order valence-corrected chi connectivity index (χ3v) is 4.54. The number of aliphatic hydroxyl groups is 1. The van der Waals surface area contributed by atoms with Crippen molar-refractivity contribution in [1.29, 1.82) is 0 Å². The van der Waals surface area contributed by atoms with Crippen LogP contribution in [-0.4, -0.2) is 11.7 Å². The molecule has 1 saturated carbocycles. The molecule has 0 aromatic heterocycles. The summed E-state index contributed by atoms with van der Waals surface area (Å²) in [6, 6.07) is 0. The Labute approximate surface area is 94.6 Å². The molecule has 0 saturated heterocycles. The second-order valence-corrected chi connectivity index (χ2v) is 5.86. The highest BCUT2D eigenvalue weighted by Crippen LogP contribution is 2.53. The molecule has 0 amide bonds. The summed E-state index contributed by atoms with van der Waals surface area (Å²) in [6.45, 7) is 9.51. The van der Waals surface area contributed by atoms with Gasteiger partial charge in [-0.1, -0.05) is 46.3 Å². The molecule has 0 spiro atoms. The maximum absolute atomic E-state index is 9.16. The summed E-state index contributed by atoms with van der Waals surface area (Å²) in [5.41, 5.74) is 0.743. The normalized spacial score (nSPS) is 32.3. The molecule has 0 heterocycles. The number of hydrogen-bond donors (Lipinski definition) is 1. The van der Waals surface area contributed by atoms with Crippen LogP contribution in [0.25, 0.3) is 0 Å². The van der Waals surface area contributed by atoms with Crippen LogP contribution < -0.4 is 0 Å². The molecule has 1 N–H and O–H groups in total. The van der Waals surface area contributed by atoms with E-state index in [2.05, 4.69) is 39.8 Å². The first-order valence-electron chi connectivity index (χ1n) is 6.25. The molecule has 2 atom stereocenters. The van der Waals surface area contributed by atoms with Gasteiger partial charge in [0.1, 0.15) is 0 Å². The van der Waals surface area contributed by atoms with Crippen molar-refractivity contribution in [1.82, 2.24) is 0 Å². The third kappa shape index (κ3) is 2.63. The van der Waals surface area contributed by atoms with Gasteiger partial charge in [0, 0.05) is 6.61 Å². The summed E-state index contributed by atoms with van der Waals surface area (Å²) in [7, 11) is 0. The molecule has 0 radical (unpaired) electrons. The van der Waals surface area contributed by atoms with Crippen LogP contribution in [0.3, 0.4) is 0 Å². The summed E-state index contributed by atoms with van der Waals surface area (Å²) in [4.78, 5) is 0. The molecule has 88 valence electrons. The summed E-state index contributed by atoms with van der Waals surface area (Å²) in [5.74, 6) is 0.346. The van der Waals surface area contributed by atoms with E-state index in [0.29, 0.717) is 16.7 Å². The zero-order valence-electron chi connectivity index (χ0n) is 10.7. The first kappa shape index (κ1) is 12.8. The first-order chi connectivity index (χ1) is 6.95. The smallest absolute Gasteiger partial charge is 0.0493 e. The Bertz CT molecular complexity index is 225. The molecule has 1 rings (SSSR count). The molecule has 0 aromatic carbocycles. The van der Waals surface area contributed by atoms with Crippen LogP contribution in [0, 0.1) is 16.7 Å². The van der Waals surface area contributed by atoms with Crippen LogP contribution >= 0.6 is 0 Å². The Kier molecular flexibility index (Phi) is 3.99. The molecule has 1 fully saturated rings. The van der Waals surface area contributed by atoms with E-state index in [4.69, 9.17) is 5.11 Å². The summed E-state index contributed by atoms with van der Waals surface area (Å²) < 4.78 is 0. The van der Waals surface area contributed by atoms with Gasteiger partial charge in [-0.05, 0) is 36.0 Å². The van der Waals surface area contributed by atoms with Crippen molar-refractivity contribution in [2.75, 3.05) is 6.61 Å². The van der Waals surface area contributed by atoms with Crippen LogP contribution in [0.1, 0.15) is 53.4 Å². The van der Waals surface area contributed by atoms with Crippen molar-refractivity contribution in [2.45, 2.75) is 53.4 Å². The average molecular weight is 210 g/mol. The molecule has 15 heavy (non-hydrogen) atoms. The molecule has 1 aliphatic carbocycles. The monoisotopic (exact) mass is 210 g/mol. The lowest BCUT2D eigenvalue weighted by Crippen LogP contribution is -2.27. The van der Waals surface area contributed by atoms with E-state index in [9.17, 15) is 0 Å². The number of allylic oxidation sites excluding steroid dienone is 1. The van der Waals surface area contributed by atoms with E-state index in [1.54, 1.807) is 0 Å². The van der Waals surface area contributed by atoms with E-state index in [1.807, 2.05) is 0 Å². The van der Waals surface area contributed by atoms with Crippen LogP contribution in [0.5, 0.6) is 0 Å². The highest BCUT2D eigenvalue weighted by Gasteiger charge is 2.42. The van der Waals surface area contributed by atoms with Gasteiger partial charge in [-0.3, -0.25) is 0 Å². The van der Waals surface area contributed by atoms with Crippen LogP contribution in [0.4, 0.5) is 0 Å². The predicted octanol–water partition coefficient (Wildman–Crippen LogP) is 3.78. The van der Waals surface area contributed by atoms with Gasteiger partial charge in [-0.25, -0.2) is 0 Å². The van der Waals surface area contributed by atoms with Gasteiger partial charge >= 0.3 is 0 Å². The minimum atomic E-state index is 0.281. The van der Waals surface area contributed by atoms with Gasteiger partial charge in [0.15, 0.2) is 0 Å². The zero-order valence-corrected chi connectivity index (χ0v) is 10.7. The Hall–Kier alpha value is -0.300. The van der Waals surface area contributed by atoms with Gasteiger partial charge in [-0.2, -0.15) is 0 Å². The number of hydrogen-bond acceptors (Lipinski definition) is 1. The zero-order chi connectivity index (χ0) is 11.5. The fourth-order valence-electron chi connectivity index (χ4n) is 2.50. The largest absolute Gasteiger partial charge is 0.396 e. The van der Waals surface area contributed by atoms with E-state index in [0.717, 1.165) is 6.42 Å². The summed E-state index contributed by atoms with van der Waals surface area (Å²) >= 11 is 0. The molecule has 1 nitrogen and oxygen atoms in total. The molecule has 0 bridgehead atoms. The van der Waals surface area contributed by atoms with Gasteiger partial charge in [0.25, 0.3) is 0 Å². The Morgan fingerprint density at radius 1 is 1.27 bits per heavy atom. The second kappa shape index (κ2) is 4.69. The van der Waals surface area contributed by atoms with E-state index in [-0.39, 0.29) is 6.61 Å². The lowest BCUT2D eigenvalue weighted by Gasteiger charge is -2.36. The van der Waals surface area contributed by atoms with Gasteiger partial charge < -0.3 is 5.11 Å². The van der Waals surface area contributed by atoms with Gasteiger partial charge in [0.05, 0.1) is 0 Å². The molecular formula is C14H26O. The maximum Gasteiger partial charge on any atom is 0.0493 e. The van der Waals surface area contributed by atoms with Crippen molar-refractivity contribution < 1.29 is 5.11 Å². The molecule has 0 aliphatic heterocycles. The van der Waals surface area contributed by atoms with Gasteiger partial charge in [0.2, 0.25) is 0 Å². The van der Waals surface area contributed by atoms with Crippen LogP contribution in [0.15, 0.2) is 12.2 Å². The van der Waals surface area contributed by atoms with Crippen LogP contribution in [-0.2, 0) is 0 Å². The SMILES string of the molecule is CCC(C=CC1(C)CCCC1(C)C)CO. The molecule has 1 heteroatoms. The molecule has 0 aromatic rings. The minimum Gasteiger partial charge on any atom is -0.396 e. The third-order valence-electron chi connectivity index (χ3n) is 4.54. The summed E-state index contributed by atoms with van der Waals surface area (Å²) in [5, 5.41) is 9.16. The average Bonchev–Trinajstić information content (AvgIpc) is 2.43. The molecule has 2 unspecified atom stereocenters. The Morgan fingerprint density at radius 2 is 1.93 bits per heavy atom. The van der Waals surface area contributed by atoms with Crippen LogP contribution in [0.2, 0.25) is 0 Å². The standard InChI is InChI=1S/C14H26O/c1-5-12(11-15)7-10-14(4)9-6-8-13(14,2)3/h7,10,12,15H,5-6,8-9,11H2,1-4H3. The fraction of sp³-hybridized carbons (Fsp3) is 0.857. The van der Waals surface area contributed by atoms with E-state index in [1.165, 1.54) is 19.3 Å². The van der Waals surface area contributed by atoms with Crippen molar-refractivity contribution in [3.8, 4) is 0 Å². The highest BCUT2D eigenvalue weighted by molar-refractivity contribution is 5.09. The van der Waals surface area contributed by atoms with Crippen molar-refractivity contribution in [3.63, 3.8) is 0 Å². The van der Waals surface area contributed by atoms with E-state index < -0.39 is 0 Å². The number of rotatable bonds is 4. The van der Waals surface area contributed by atoms with Gasteiger partial charge in [-0.15, -0.1) is 0 Å². The molecular weight excluding hydrogens is 184 g/mol. The van der Waals surface area contributed by atoms with Crippen molar-refractivity contribution in [2.24, 2.45) is 16.7 Å². The fourth-order valence-corrected chi connectivity index (χ4v) is 2.50. The lowest BCUT2D eigenvalue weighted by atomic mass is 9.69. The number of aliphatic hydroxyl groups excluding tert-OH is 1. The minimum absolute atomic E-state index is 0.281. The Balaban J connectivity index is 2.71. The first-order valence-corrected chi connectivity index (χ1v) is 6.25. The van der Waals surface area contributed by atoms with Crippen molar-refractivity contribution in [3.05, 3.63) is 12.2 Å². The quantitative estimate of drug-likeness (QED) is 0.700. The second-order valence-electron chi connectivity index (χ2n) is 5.86. The predicted molar refractivity (Wildman–Crippen MR) is 65.7 cm³/mol. The highest BCUT2D eigenvalue weighted by atomic mass is 16.3. The molecule has 1 aliphatic rings. The maximum atomic E-state index is 9.16. The van der Waals surface area contributed by atoms with E-state index >= 15 is 0 Å². The summed E-state index contributed by atoms with van der Waals surface area (Å²) in [6.07, 6.45) is 9.58. The Morgan fingerprint density at radius 3 is 2.33 bits per heavy atom.